The van der Waals surface area contributed by atoms with Gasteiger partial charge in [0, 0.05) is 12.1 Å². The SMILES string of the molecule is Cc1c(C(=O)NC2CCNCC2)sc2ncnc(Nc3ccc(F)cc3OC3CCCCC3)c12. The first-order valence-electron chi connectivity index (χ1n) is 12.1. The first kappa shape index (κ1) is 23.0. The lowest BCUT2D eigenvalue weighted by atomic mass is 9.98. The van der Waals surface area contributed by atoms with E-state index in [1.165, 1.54) is 36.2 Å². The van der Waals surface area contributed by atoms with Crippen molar-refractivity contribution in [3.05, 3.63) is 40.8 Å². The number of amides is 1. The third kappa shape index (κ3) is 5.00. The van der Waals surface area contributed by atoms with E-state index in [1.54, 1.807) is 6.07 Å². The van der Waals surface area contributed by atoms with Gasteiger partial charge in [0.1, 0.15) is 28.5 Å². The van der Waals surface area contributed by atoms with Crippen molar-refractivity contribution in [2.75, 3.05) is 18.4 Å². The molecular formula is C25H30FN5O2S. The summed E-state index contributed by atoms with van der Waals surface area (Å²) < 4.78 is 20.3. The summed E-state index contributed by atoms with van der Waals surface area (Å²) in [5.41, 5.74) is 1.49. The molecule has 3 N–H and O–H groups in total. The fourth-order valence-electron chi connectivity index (χ4n) is 4.79. The molecule has 2 fully saturated rings. The molecule has 1 aromatic carbocycles. The topological polar surface area (TPSA) is 88.2 Å². The van der Waals surface area contributed by atoms with Crippen LogP contribution in [0.25, 0.3) is 10.2 Å². The van der Waals surface area contributed by atoms with E-state index in [0.29, 0.717) is 22.1 Å². The second kappa shape index (κ2) is 10.2. The molecule has 5 rings (SSSR count). The first-order valence-corrected chi connectivity index (χ1v) is 12.9. The molecular weight excluding hydrogens is 453 g/mol. The molecule has 0 bridgehead atoms. The summed E-state index contributed by atoms with van der Waals surface area (Å²) >= 11 is 1.37. The summed E-state index contributed by atoms with van der Waals surface area (Å²) in [7, 11) is 0. The van der Waals surface area contributed by atoms with Crippen molar-refractivity contribution >= 4 is 39.0 Å². The number of aryl methyl sites for hydroxylation is 1. The largest absolute Gasteiger partial charge is 0.488 e. The van der Waals surface area contributed by atoms with Crippen molar-refractivity contribution < 1.29 is 13.9 Å². The van der Waals surface area contributed by atoms with Gasteiger partial charge in [-0.15, -0.1) is 11.3 Å². The van der Waals surface area contributed by atoms with Crippen LogP contribution >= 0.6 is 11.3 Å². The monoisotopic (exact) mass is 483 g/mol. The van der Waals surface area contributed by atoms with E-state index in [4.69, 9.17) is 4.74 Å². The van der Waals surface area contributed by atoms with E-state index in [9.17, 15) is 9.18 Å². The van der Waals surface area contributed by atoms with Crippen molar-refractivity contribution in [2.45, 2.75) is 64.0 Å². The number of rotatable bonds is 6. The molecule has 0 atom stereocenters. The van der Waals surface area contributed by atoms with E-state index in [0.717, 1.165) is 67.4 Å². The van der Waals surface area contributed by atoms with Gasteiger partial charge in [0.2, 0.25) is 0 Å². The van der Waals surface area contributed by atoms with E-state index in [2.05, 4.69) is 25.9 Å². The minimum absolute atomic E-state index is 0.0681. The Morgan fingerprint density at radius 1 is 1.15 bits per heavy atom. The van der Waals surface area contributed by atoms with Gasteiger partial charge in [0.05, 0.1) is 22.1 Å². The van der Waals surface area contributed by atoms with Crippen molar-refractivity contribution in [3.63, 3.8) is 0 Å². The zero-order chi connectivity index (χ0) is 23.5. The Balaban J connectivity index is 1.42. The molecule has 2 aromatic heterocycles. The van der Waals surface area contributed by atoms with Gasteiger partial charge < -0.3 is 20.7 Å². The molecule has 0 radical (unpaired) electrons. The Hall–Kier alpha value is -2.78. The lowest BCUT2D eigenvalue weighted by molar-refractivity contribution is 0.0933. The molecule has 3 aromatic rings. The van der Waals surface area contributed by atoms with Crippen LogP contribution in [0.2, 0.25) is 0 Å². The number of carbonyl (C=O) groups is 1. The zero-order valence-corrected chi connectivity index (χ0v) is 20.1. The molecule has 3 heterocycles. The van der Waals surface area contributed by atoms with E-state index in [-0.39, 0.29) is 23.9 Å². The average molecular weight is 484 g/mol. The highest BCUT2D eigenvalue weighted by molar-refractivity contribution is 7.20. The summed E-state index contributed by atoms with van der Waals surface area (Å²) in [6, 6.07) is 4.69. The number of halogens is 1. The van der Waals surface area contributed by atoms with Gasteiger partial charge in [0.25, 0.3) is 5.91 Å². The fraction of sp³-hybridized carbons (Fsp3) is 0.480. The third-order valence-corrected chi connectivity index (χ3v) is 7.85. The number of nitrogens with zero attached hydrogens (tertiary/aromatic N) is 2. The lowest BCUT2D eigenvalue weighted by Gasteiger charge is -2.24. The molecule has 180 valence electrons. The average Bonchev–Trinajstić information content (AvgIpc) is 3.19. The van der Waals surface area contributed by atoms with Crippen LogP contribution in [0.4, 0.5) is 15.9 Å². The minimum Gasteiger partial charge on any atom is -0.488 e. The Kier molecular flexibility index (Phi) is 6.92. The molecule has 1 saturated carbocycles. The maximum Gasteiger partial charge on any atom is 0.261 e. The molecule has 1 amide bonds. The van der Waals surface area contributed by atoms with Gasteiger partial charge in [-0.05, 0) is 76.2 Å². The fourth-order valence-corrected chi connectivity index (χ4v) is 5.84. The van der Waals surface area contributed by atoms with Gasteiger partial charge >= 0.3 is 0 Å². The summed E-state index contributed by atoms with van der Waals surface area (Å²) in [5.74, 6) is 0.657. The molecule has 1 aliphatic heterocycles. The third-order valence-electron chi connectivity index (χ3n) is 6.65. The smallest absolute Gasteiger partial charge is 0.261 e. The number of ether oxygens (including phenoxy) is 1. The highest BCUT2D eigenvalue weighted by Gasteiger charge is 2.23. The molecule has 9 heteroatoms. The number of piperidine rings is 1. The Bertz CT molecular complexity index is 1170. The standard InChI is InChI=1S/C25H30FN5O2S/c1-15-21-23(31-19-8-7-16(26)13-20(19)33-18-5-3-2-4-6-18)28-14-29-25(21)34-22(15)24(32)30-17-9-11-27-12-10-17/h7-8,13-14,17-18,27H,2-6,9-12H2,1H3,(H,30,32)(H,28,29,31). The summed E-state index contributed by atoms with van der Waals surface area (Å²) in [6.07, 6.45) is 8.87. The van der Waals surface area contributed by atoms with Crippen LogP contribution in [-0.4, -0.2) is 41.1 Å². The van der Waals surface area contributed by atoms with E-state index >= 15 is 0 Å². The maximum atomic E-state index is 14.1. The van der Waals surface area contributed by atoms with E-state index in [1.807, 2.05) is 6.92 Å². The van der Waals surface area contributed by atoms with Crippen LogP contribution in [0.1, 0.15) is 60.2 Å². The number of nitrogens with one attached hydrogen (secondary N) is 3. The van der Waals surface area contributed by atoms with Gasteiger partial charge in [-0.25, -0.2) is 14.4 Å². The number of hydrogen-bond acceptors (Lipinski definition) is 7. The summed E-state index contributed by atoms with van der Waals surface area (Å²) in [5, 5.41) is 10.6. The van der Waals surface area contributed by atoms with Crippen LogP contribution in [0.3, 0.4) is 0 Å². The molecule has 34 heavy (non-hydrogen) atoms. The molecule has 1 aliphatic carbocycles. The number of fused-ring (bicyclic) bond motifs is 1. The van der Waals surface area contributed by atoms with Gasteiger partial charge in [-0.3, -0.25) is 4.79 Å². The highest BCUT2D eigenvalue weighted by atomic mass is 32.1. The summed E-state index contributed by atoms with van der Waals surface area (Å²) in [4.78, 5) is 23.3. The number of thiophene rings is 1. The van der Waals surface area contributed by atoms with Crippen LogP contribution in [0.15, 0.2) is 24.5 Å². The number of anilines is 2. The first-order chi connectivity index (χ1) is 16.6. The zero-order valence-electron chi connectivity index (χ0n) is 19.3. The Morgan fingerprint density at radius 2 is 1.94 bits per heavy atom. The number of hydrogen-bond donors (Lipinski definition) is 3. The second-order valence-electron chi connectivity index (χ2n) is 9.10. The van der Waals surface area contributed by atoms with Crippen molar-refractivity contribution in [2.24, 2.45) is 0 Å². The normalized spacial score (nSPS) is 17.6. The van der Waals surface area contributed by atoms with Crippen LogP contribution in [0.5, 0.6) is 5.75 Å². The molecule has 7 nitrogen and oxygen atoms in total. The van der Waals surface area contributed by atoms with E-state index < -0.39 is 0 Å². The summed E-state index contributed by atoms with van der Waals surface area (Å²) in [6.45, 7) is 3.76. The van der Waals surface area contributed by atoms with Crippen molar-refractivity contribution in [1.29, 1.82) is 0 Å². The van der Waals surface area contributed by atoms with Gasteiger partial charge in [0.15, 0.2) is 0 Å². The Morgan fingerprint density at radius 3 is 2.74 bits per heavy atom. The predicted molar refractivity (Wildman–Crippen MR) is 133 cm³/mol. The minimum atomic E-state index is -0.340. The molecule has 2 aliphatic rings. The predicted octanol–water partition coefficient (Wildman–Crippen LogP) is 5.08. The van der Waals surface area contributed by atoms with Crippen LogP contribution < -0.4 is 20.7 Å². The van der Waals surface area contributed by atoms with Crippen molar-refractivity contribution in [1.82, 2.24) is 20.6 Å². The van der Waals surface area contributed by atoms with Gasteiger partial charge in [-0.1, -0.05) is 6.42 Å². The van der Waals surface area contributed by atoms with Crippen LogP contribution in [-0.2, 0) is 0 Å². The second-order valence-corrected chi connectivity index (χ2v) is 10.1. The van der Waals surface area contributed by atoms with Crippen LogP contribution in [0, 0.1) is 12.7 Å². The quantitative estimate of drug-likeness (QED) is 0.453. The maximum absolute atomic E-state index is 14.1. The lowest BCUT2D eigenvalue weighted by Crippen LogP contribution is -2.42. The molecule has 0 unspecified atom stereocenters. The Labute approximate surface area is 202 Å². The highest BCUT2D eigenvalue weighted by Crippen LogP contribution is 2.37. The number of aromatic nitrogens is 2. The van der Waals surface area contributed by atoms with Crippen molar-refractivity contribution in [3.8, 4) is 5.75 Å². The molecule has 0 spiro atoms. The van der Waals surface area contributed by atoms with Gasteiger partial charge in [-0.2, -0.15) is 0 Å². The molecule has 1 saturated heterocycles. The number of benzene rings is 1. The number of carbonyl (C=O) groups excluding carboxylic acids is 1.